The average Bonchev–Trinajstić information content (AvgIpc) is 2.68. The van der Waals surface area contributed by atoms with Crippen LogP contribution in [0.5, 0.6) is 0 Å². The Labute approximate surface area is 167 Å². The normalized spacial score (nSPS) is 12.3. The monoisotopic (exact) mass is 388 g/mol. The van der Waals surface area contributed by atoms with Gasteiger partial charge in [0, 0.05) is 19.6 Å². The van der Waals surface area contributed by atoms with Crippen molar-refractivity contribution in [2.75, 3.05) is 46.2 Å². The van der Waals surface area contributed by atoms with E-state index in [-0.39, 0.29) is 5.97 Å². The van der Waals surface area contributed by atoms with Gasteiger partial charge in [-0.3, -0.25) is 4.79 Å². The molecule has 0 aromatic carbocycles. The van der Waals surface area contributed by atoms with Crippen molar-refractivity contribution in [2.45, 2.75) is 85.0 Å². The molecule has 0 heterocycles. The van der Waals surface area contributed by atoms with Gasteiger partial charge in [-0.1, -0.05) is 59.3 Å². The Hall–Kier alpha value is -0.650. The van der Waals surface area contributed by atoms with E-state index < -0.39 is 0 Å². The summed E-state index contributed by atoms with van der Waals surface area (Å²) in [4.78, 5) is 11.5. The van der Waals surface area contributed by atoms with E-state index in [0.717, 1.165) is 19.4 Å². The molecule has 5 nitrogen and oxygen atoms in total. The Morgan fingerprint density at radius 3 is 2.04 bits per heavy atom. The van der Waals surface area contributed by atoms with E-state index in [4.69, 9.17) is 18.9 Å². The molecule has 0 saturated carbocycles. The zero-order valence-electron chi connectivity index (χ0n) is 18.1. The molecule has 0 aliphatic heterocycles. The minimum Gasteiger partial charge on any atom is -0.466 e. The molecule has 0 aliphatic carbocycles. The third-order valence-electron chi connectivity index (χ3n) is 4.57. The van der Waals surface area contributed by atoms with Gasteiger partial charge in [-0.15, -0.1) is 0 Å². The van der Waals surface area contributed by atoms with E-state index in [1.807, 2.05) is 0 Å². The second-order valence-corrected chi connectivity index (χ2v) is 7.10. The number of carbonyl (C=O) groups is 1. The molecule has 1 atom stereocenters. The highest BCUT2D eigenvalue weighted by Gasteiger charge is 2.05. The van der Waals surface area contributed by atoms with Crippen LogP contribution in [-0.2, 0) is 23.7 Å². The van der Waals surface area contributed by atoms with Gasteiger partial charge < -0.3 is 18.9 Å². The average molecular weight is 389 g/mol. The maximum atomic E-state index is 11.5. The first-order valence-corrected chi connectivity index (χ1v) is 11.1. The maximum Gasteiger partial charge on any atom is 0.305 e. The fourth-order valence-electron chi connectivity index (χ4n) is 2.69. The van der Waals surface area contributed by atoms with Crippen molar-refractivity contribution in [3.05, 3.63) is 0 Å². The fraction of sp³-hybridized carbons (Fsp3) is 0.955. The van der Waals surface area contributed by atoms with Crippen LogP contribution in [-0.4, -0.2) is 52.2 Å². The first-order chi connectivity index (χ1) is 13.2. The van der Waals surface area contributed by atoms with E-state index >= 15 is 0 Å². The molecule has 1 unspecified atom stereocenters. The van der Waals surface area contributed by atoms with E-state index in [0.29, 0.717) is 58.4 Å². The minimum absolute atomic E-state index is 0.118. The molecule has 0 amide bonds. The molecule has 162 valence electrons. The summed E-state index contributed by atoms with van der Waals surface area (Å²) in [6, 6.07) is 0. The van der Waals surface area contributed by atoms with E-state index in [1.54, 1.807) is 0 Å². The van der Waals surface area contributed by atoms with Crippen LogP contribution in [0.15, 0.2) is 0 Å². The Kier molecular flexibility index (Phi) is 21.1. The SMILES string of the molecule is CCCCCCOC(=O)CCCOCCOCCOCC(CC)CCCC. The van der Waals surface area contributed by atoms with Crippen LogP contribution in [0.3, 0.4) is 0 Å². The summed E-state index contributed by atoms with van der Waals surface area (Å²) >= 11 is 0. The van der Waals surface area contributed by atoms with E-state index in [9.17, 15) is 4.79 Å². The minimum atomic E-state index is -0.118. The molecule has 0 fully saturated rings. The molecule has 0 saturated heterocycles. The lowest BCUT2D eigenvalue weighted by Crippen LogP contribution is -2.14. The van der Waals surface area contributed by atoms with Gasteiger partial charge in [-0.25, -0.2) is 0 Å². The second kappa shape index (κ2) is 21.6. The molecule has 0 spiro atoms. The van der Waals surface area contributed by atoms with Gasteiger partial charge in [-0.2, -0.15) is 0 Å². The van der Waals surface area contributed by atoms with E-state index in [1.165, 1.54) is 38.5 Å². The summed E-state index contributed by atoms with van der Waals surface area (Å²) in [5, 5.41) is 0. The Bertz CT molecular complexity index is 309. The molecule has 27 heavy (non-hydrogen) atoms. The molecule has 0 aliphatic rings. The molecule has 0 radical (unpaired) electrons. The number of hydrogen-bond donors (Lipinski definition) is 0. The predicted octanol–water partition coefficient (Wildman–Crippen LogP) is 5.16. The number of hydrogen-bond acceptors (Lipinski definition) is 5. The molecule has 0 aromatic heterocycles. The Morgan fingerprint density at radius 2 is 1.37 bits per heavy atom. The molecular weight excluding hydrogens is 344 g/mol. The predicted molar refractivity (Wildman–Crippen MR) is 110 cm³/mol. The van der Waals surface area contributed by atoms with E-state index in [2.05, 4.69) is 20.8 Å². The van der Waals surface area contributed by atoms with Crippen LogP contribution in [0.1, 0.15) is 85.0 Å². The van der Waals surface area contributed by atoms with Crippen molar-refractivity contribution in [2.24, 2.45) is 5.92 Å². The maximum absolute atomic E-state index is 11.5. The number of esters is 1. The molecule has 0 rings (SSSR count). The molecule has 0 N–H and O–H groups in total. The van der Waals surface area contributed by atoms with Crippen molar-refractivity contribution in [3.8, 4) is 0 Å². The van der Waals surface area contributed by atoms with Crippen LogP contribution >= 0.6 is 0 Å². The van der Waals surface area contributed by atoms with Gasteiger partial charge in [0.05, 0.1) is 33.0 Å². The summed E-state index contributed by atoms with van der Waals surface area (Å²) < 4.78 is 21.9. The van der Waals surface area contributed by atoms with Crippen LogP contribution < -0.4 is 0 Å². The van der Waals surface area contributed by atoms with Crippen LogP contribution in [0, 0.1) is 5.92 Å². The lowest BCUT2D eigenvalue weighted by Gasteiger charge is -2.14. The largest absolute Gasteiger partial charge is 0.466 e. The first kappa shape index (κ1) is 26.4. The summed E-state index contributed by atoms with van der Waals surface area (Å²) in [6.45, 7) is 11.0. The van der Waals surface area contributed by atoms with Gasteiger partial charge in [-0.05, 0) is 25.2 Å². The van der Waals surface area contributed by atoms with Crippen molar-refractivity contribution in [1.82, 2.24) is 0 Å². The lowest BCUT2D eigenvalue weighted by molar-refractivity contribution is -0.144. The third-order valence-corrected chi connectivity index (χ3v) is 4.57. The zero-order chi connectivity index (χ0) is 20.0. The molecular formula is C22H44O5. The van der Waals surface area contributed by atoms with Crippen LogP contribution in [0.2, 0.25) is 0 Å². The van der Waals surface area contributed by atoms with Crippen molar-refractivity contribution < 1.29 is 23.7 Å². The number of ether oxygens (including phenoxy) is 4. The number of carbonyl (C=O) groups excluding carboxylic acids is 1. The van der Waals surface area contributed by atoms with Gasteiger partial charge in [0.1, 0.15) is 0 Å². The standard InChI is InChI=1S/C22H44O5/c1-4-7-9-10-15-27-22(23)13-11-14-24-16-17-25-18-19-26-20-21(6-3)12-8-5-2/h21H,4-20H2,1-3H3. The van der Waals surface area contributed by atoms with Gasteiger partial charge in [0.2, 0.25) is 0 Å². The van der Waals surface area contributed by atoms with Crippen LogP contribution in [0.25, 0.3) is 0 Å². The third kappa shape index (κ3) is 19.9. The fourth-order valence-corrected chi connectivity index (χ4v) is 2.69. The quantitative estimate of drug-likeness (QED) is 0.201. The van der Waals surface area contributed by atoms with Gasteiger partial charge in [0.15, 0.2) is 0 Å². The second-order valence-electron chi connectivity index (χ2n) is 7.10. The summed E-state index contributed by atoms with van der Waals surface area (Å²) in [7, 11) is 0. The molecule has 5 heteroatoms. The Morgan fingerprint density at radius 1 is 0.704 bits per heavy atom. The van der Waals surface area contributed by atoms with Crippen molar-refractivity contribution in [3.63, 3.8) is 0 Å². The summed E-state index contributed by atoms with van der Waals surface area (Å²) in [5.41, 5.74) is 0. The van der Waals surface area contributed by atoms with Gasteiger partial charge >= 0.3 is 5.97 Å². The number of rotatable bonds is 21. The smallest absolute Gasteiger partial charge is 0.305 e. The summed E-state index contributed by atoms with van der Waals surface area (Å²) in [6.07, 6.45) is 10.6. The Balaban J connectivity index is 3.25. The highest BCUT2D eigenvalue weighted by molar-refractivity contribution is 5.69. The lowest BCUT2D eigenvalue weighted by atomic mass is 10.0. The summed E-state index contributed by atoms with van der Waals surface area (Å²) in [5.74, 6) is 0.559. The molecule has 0 bridgehead atoms. The highest BCUT2D eigenvalue weighted by atomic mass is 16.5. The van der Waals surface area contributed by atoms with Crippen LogP contribution in [0.4, 0.5) is 0 Å². The van der Waals surface area contributed by atoms with Crippen molar-refractivity contribution >= 4 is 5.97 Å². The van der Waals surface area contributed by atoms with Gasteiger partial charge in [0.25, 0.3) is 0 Å². The first-order valence-electron chi connectivity index (χ1n) is 11.1. The topological polar surface area (TPSA) is 54.0 Å². The zero-order valence-corrected chi connectivity index (χ0v) is 18.1. The number of unbranched alkanes of at least 4 members (excludes halogenated alkanes) is 4. The highest BCUT2D eigenvalue weighted by Crippen LogP contribution is 2.12. The van der Waals surface area contributed by atoms with Crippen molar-refractivity contribution in [1.29, 1.82) is 0 Å². The molecule has 0 aromatic rings.